The third-order valence-corrected chi connectivity index (χ3v) is 9.31. The van der Waals surface area contributed by atoms with Gasteiger partial charge in [0.2, 0.25) is 11.8 Å². The second kappa shape index (κ2) is 14.7. The van der Waals surface area contributed by atoms with Crippen LogP contribution in [0.5, 0.6) is 5.75 Å². The van der Waals surface area contributed by atoms with E-state index in [1.807, 2.05) is 13.8 Å². The molecule has 0 aromatic heterocycles. The van der Waals surface area contributed by atoms with Crippen LogP contribution in [0, 0.1) is 5.82 Å². The molecule has 0 radical (unpaired) electrons. The van der Waals surface area contributed by atoms with E-state index in [0.717, 1.165) is 16.4 Å². The average molecular weight is 639 g/mol. The summed E-state index contributed by atoms with van der Waals surface area (Å²) < 4.78 is 47.6. The van der Waals surface area contributed by atoms with Gasteiger partial charge in [-0.2, -0.15) is 0 Å². The van der Waals surface area contributed by atoms with Gasteiger partial charge in [-0.1, -0.05) is 43.1 Å². The van der Waals surface area contributed by atoms with Crippen LogP contribution in [0.2, 0.25) is 10.0 Å². The van der Waals surface area contributed by atoms with Crippen molar-refractivity contribution in [1.82, 2.24) is 10.2 Å². The fourth-order valence-electron chi connectivity index (χ4n) is 4.23. The van der Waals surface area contributed by atoms with E-state index in [4.69, 9.17) is 27.9 Å². The van der Waals surface area contributed by atoms with Gasteiger partial charge in [0.25, 0.3) is 10.0 Å². The van der Waals surface area contributed by atoms with Crippen molar-refractivity contribution < 1.29 is 27.1 Å². The quantitative estimate of drug-likeness (QED) is 0.246. The van der Waals surface area contributed by atoms with Crippen LogP contribution < -0.4 is 14.4 Å². The molecule has 0 bridgehead atoms. The SMILES string of the molecule is CC[C@@H](C)NC(=O)[C@@H](CC)N(Cc1c(Cl)cccc1Cl)C(=O)CN(c1ccc(F)cc1)S(=O)(=O)c1ccc(OC)cc1. The number of benzene rings is 3. The standard InChI is InChI=1S/C30H34Cl2FN3O5S/c1-5-20(3)34-30(38)28(6-2)35(18-25-26(31)8-7-9-27(25)32)29(37)19-36(22-12-10-21(33)11-13-22)42(39,40)24-16-14-23(41-4)15-17-24/h7-17,20,28H,5-6,18-19H2,1-4H3,(H,34,38)/t20-,28-/m1/s1. The van der Waals surface area contributed by atoms with E-state index in [2.05, 4.69) is 5.32 Å². The maximum Gasteiger partial charge on any atom is 0.264 e. The van der Waals surface area contributed by atoms with Gasteiger partial charge in [-0.3, -0.25) is 13.9 Å². The van der Waals surface area contributed by atoms with Crippen molar-refractivity contribution in [1.29, 1.82) is 0 Å². The Morgan fingerprint density at radius 3 is 2.07 bits per heavy atom. The third kappa shape index (κ3) is 7.93. The molecule has 0 saturated heterocycles. The van der Waals surface area contributed by atoms with Crippen molar-refractivity contribution in [3.05, 3.63) is 88.2 Å². The lowest BCUT2D eigenvalue weighted by Gasteiger charge is -2.34. The second-order valence-corrected chi connectivity index (χ2v) is 12.3. The number of carbonyl (C=O) groups excluding carboxylic acids is 2. The van der Waals surface area contributed by atoms with Gasteiger partial charge in [0.1, 0.15) is 24.2 Å². The topological polar surface area (TPSA) is 96.0 Å². The first-order valence-electron chi connectivity index (χ1n) is 13.4. The van der Waals surface area contributed by atoms with Crippen LogP contribution in [0.3, 0.4) is 0 Å². The summed E-state index contributed by atoms with van der Waals surface area (Å²) in [5.74, 6) is -1.21. The van der Waals surface area contributed by atoms with E-state index in [0.29, 0.717) is 27.8 Å². The Balaban J connectivity index is 2.09. The number of anilines is 1. The minimum Gasteiger partial charge on any atom is -0.497 e. The molecule has 0 unspecified atom stereocenters. The fraction of sp³-hybridized carbons (Fsp3) is 0.333. The van der Waals surface area contributed by atoms with E-state index < -0.39 is 40.2 Å². The van der Waals surface area contributed by atoms with E-state index in [1.165, 1.54) is 48.4 Å². The smallest absolute Gasteiger partial charge is 0.264 e. The van der Waals surface area contributed by atoms with Crippen molar-refractivity contribution in [2.75, 3.05) is 18.0 Å². The monoisotopic (exact) mass is 637 g/mol. The average Bonchev–Trinajstić information content (AvgIpc) is 2.97. The van der Waals surface area contributed by atoms with Gasteiger partial charge in [-0.25, -0.2) is 12.8 Å². The number of hydrogen-bond donors (Lipinski definition) is 1. The largest absolute Gasteiger partial charge is 0.497 e. The van der Waals surface area contributed by atoms with E-state index >= 15 is 0 Å². The molecule has 3 aromatic carbocycles. The summed E-state index contributed by atoms with van der Waals surface area (Å²) in [6.07, 6.45) is 0.906. The summed E-state index contributed by atoms with van der Waals surface area (Å²) in [5, 5.41) is 3.49. The number of nitrogens with one attached hydrogen (secondary N) is 1. The van der Waals surface area contributed by atoms with Crippen molar-refractivity contribution >= 4 is 50.7 Å². The number of halogens is 3. The molecule has 2 amide bonds. The van der Waals surface area contributed by atoms with Crippen LogP contribution in [0.1, 0.15) is 39.2 Å². The molecule has 42 heavy (non-hydrogen) atoms. The number of methoxy groups -OCH3 is 1. The Morgan fingerprint density at radius 1 is 0.952 bits per heavy atom. The molecule has 8 nitrogen and oxygen atoms in total. The predicted molar refractivity (Wildman–Crippen MR) is 163 cm³/mol. The molecule has 0 aliphatic carbocycles. The summed E-state index contributed by atoms with van der Waals surface area (Å²) in [5.41, 5.74) is 0.476. The summed E-state index contributed by atoms with van der Waals surface area (Å²) in [6, 6.07) is 14.2. The Kier molecular flexibility index (Phi) is 11.6. The van der Waals surface area contributed by atoms with Crippen LogP contribution in [-0.4, -0.2) is 50.9 Å². The van der Waals surface area contributed by atoms with Gasteiger partial charge in [-0.15, -0.1) is 0 Å². The van der Waals surface area contributed by atoms with Crippen molar-refractivity contribution in [3.8, 4) is 5.75 Å². The first kappa shape index (κ1) is 33.2. The number of nitrogens with zero attached hydrogens (tertiary/aromatic N) is 2. The zero-order valence-electron chi connectivity index (χ0n) is 23.8. The molecule has 0 saturated carbocycles. The third-order valence-electron chi connectivity index (χ3n) is 6.82. The molecule has 0 aliphatic heterocycles. The number of sulfonamides is 1. The van der Waals surface area contributed by atoms with Crippen LogP contribution in [0.25, 0.3) is 0 Å². The number of ether oxygens (including phenoxy) is 1. The molecule has 2 atom stereocenters. The van der Waals surface area contributed by atoms with Gasteiger partial charge in [0.05, 0.1) is 17.7 Å². The zero-order chi connectivity index (χ0) is 31.0. The van der Waals surface area contributed by atoms with Crippen LogP contribution in [0.15, 0.2) is 71.6 Å². The van der Waals surface area contributed by atoms with Gasteiger partial charge in [0, 0.05) is 28.2 Å². The second-order valence-electron chi connectivity index (χ2n) is 9.63. The van der Waals surface area contributed by atoms with E-state index in [-0.39, 0.29) is 29.6 Å². The lowest BCUT2D eigenvalue weighted by molar-refractivity contribution is -0.140. The highest BCUT2D eigenvalue weighted by Gasteiger charge is 2.34. The minimum atomic E-state index is -4.33. The molecular weight excluding hydrogens is 604 g/mol. The molecule has 0 fully saturated rings. The molecule has 226 valence electrons. The zero-order valence-corrected chi connectivity index (χ0v) is 26.1. The maximum atomic E-state index is 14.1. The lowest BCUT2D eigenvalue weighted by atomic mass is 10.1. The summed E-state index contributed by atoms with van der Waals surface area (Å²) in [4.78, 5) is 28.7. The number of amides is 2. The first-order valence-corrected chi connectivity index (χ1v) is 15.6. The summed E-state index contributed by atoms with van der Waals surface area (Å²) >= 11 is 12.9. The fourth-order valence-corrected chi connectivity index (χ4v) is 6.16. The molecular formula is C30H34Cl2FN3O5S. The summed E-state index contributed by atoms with van der Waals surface area (Å²) in [6.45, 7) is 4.68. The van der Waals surface area contributed by atoms with Gasteiger partial charge in [0.15, 0.2) is 0 Å². The summed E-state index contributed by atoms with van der Waals surface area (Å²) in [7, 11) is -2.88. The van der Waals surface area contributed by atoms with Crippen molar-refractivity contribution in [2.45, 2.75) is 57.1 Å². The van der Waals surface area contributed by atoms with Gasteiger partial charge < -0.3 is 15.0 Å². The van der Waals surface area contributed by atoms with Crippen molar-refractivity contribution in [2.24, 2.45) is 0 Å². The molecule has 3 aromatic rings. The Labute approximate surface area is 256 Å². The number of rotatable bonds is 13. The van der Waals surface area contributed by atoms with Gasteiger partial charge in [-0.05, 0) is 80.4 Å². The molecule has 12 heteroatoms. The Bertz CT molecular complexity index is 1470. The minimum absolute atomic E-state index is 0.0633. The lowest BCUT2D eigenvalue weighted by Crippen LogP contribution is -2.53. The number of hydrogen-bond acceptors (Lipinski definition) is 5. The highest BCUT2D eigenvalue weighted by molar-refractivity contribution is 7.92. The molecule has 0 heterocycles. The van der Waals surface area contributed by atoms with Crippen LogP contribution in [0.4, 0.5) is 10.1 Å². The first-order chi connectivity index (χ1) is 19.9. The molecule has 0 aliphatic rings. The predicted octanol–water partition coefficient (Wildman–Crippen LogP) is 6.06. The van der Waals surface area contributed by atoms with E-state index in [9.17, 15) is 22.4 Å². The van der Waals surface area contributed by atoms with Crippen molar-refractivity contribution in [3.63, 3.8) is 0 Å². The molecule has 1 N–H and O–H groups in total. The van der Waals surface area contributed by atoms with Crippen LogP contribution >= 0.6 is 23.2 Å². The van der Waals surface area contributed by atoms with E-state index in [1.54, 1.807) is 25.1 Å². The van der Waals surface area contributed by atoms with Crippen LogP contribution in [-0.2, 0) is 26.2 Å². The molecule has 3 rings (SSSR count). The van der Waals surface area contributed by atoms with Gasteiger partial charge >= 0.3 is 0 Å². The number of carbonyl (C=O) groups is 2. The Morgan fingerprint density at radius 2 is 1.55 bits per heavy atom. The molecule has 0 spiro atoms. The highest BCUT2D eigenvalue weighted by atomic mass is 35.5. The maximum absolute atomic E-state index is 14.1. The highest BCUT2D eigenvalue weighted by Crippen LogP contribution is 2.29. The normalized spacial score (nSPS) is 12.7. The Hall–Kier alpha value is -3.34.